The minimum atomic E-state index is -0.784. The van der Waals surface area contributed by atoms with Crippen LogP contribution in [-0.2, 0) is 16.1 Å². The summed E-state index contributed by atoms with van der Waals surface area (Å²) in [5.74, 6) is 0.133. The molecule has 2 rings (SSSR count). The maximum absolute atomic E-state index is 13.2. The first kappa shape index (κ1) is 26.4. The van der Waals surface area contributed by atoms with Crippen LogP contribution < -0.4 is 19.5 Å². The molecule has 0 saturated heterocycles. The van der Waals surface area contributed by atoms with E-state index >= 15 is 0 Å². The van der Waals surface area contributed by atoms with Gasteiger partial charge in [0.1, 0.15) is 17.5 Å². The number of nitro benzene ring substituents is 1. The van der Waals surface area contributed by atoms with Crippen LogP contribution in [0.5, 0.6) is 17.2 Å². The average Bonchev–Trinajstić information content (AvgIpc) is 2.79. The summed E-state index contributed by atoms with van der Waals surface area (Å²) in [6, 6.07) is 10.4. The number of hydrogen-bond donors (Lipinski definition) is 1. The lowest BCUT2D eigenvalue weighted by Gasteiger charge is -2.31. The number of hydrogen-bond acceptors (Lipinski definition) is 7. The smallest absolute Gasteiger partial charge is 0.311 e. The molecule has 0 aliphatic carbocycles. The van der Waals surface area contributed by atoms with Gasteiger partial charge in [-0.2, -0.15) is 0 Å². The second-order valence-corrected chi connectivity index (χ2v) is 8.67. The van der Waals surface area contributed by atoms with Gasteiger partial charge < -0.3 is 24.4 Å². The van der Waals surface area contributed by atoms with Gasteiger partial charge in [0, 0.05) is 24.2 Å². The maximum Gasteiger partial charge on any atom is 0.311 e. The van der Waals surface area contributed by atoms with Crippen molar-refractivity contribution < 1.29 is 28.7 Å². The molecule has 10 nitrogen and oxygen atoms in total. The molecule has 0 unspecified atom stereocenters. The number of carbonyl (C=O) groups is 2. The SMILES string of the molecule is COc1cccc(CN(C(=O)COc2ccc([N+](=O)[O-])c(OC)c2)[C@H](C)C(=O)NC(C)(C)C)c1. The van der Waals surface area contributed by atoms with Crippen molar-refractivity contribution in [3.05, 3.63) is 58.1 Å². The van der Waals surface area contributed by atoms with Gasteiger partial charge in [-0.3, -0.25) is 19.7 Å². The van der Waals surface area contributed by atoms with Gasteiger partial charge in [0.2, 0.25) is 11.7 Å². The van der Waals surface area contributed by atoms with Gasteiger partial charge in [0.05, 0.1) is 19.1 Å². The molecule has 0 aliphatic rings. The number of rotatable bonds is 10. The summed E-state index contributed by atoms with van der Waals surface area (Å²) in [6.45, 7) is 7.00. The zero-order valence-corrected chi connectivity index (χ0v) is 20.3. The zero-order chi connectivity index (χ0) is 25.5. The summed E-state index contributed by atoms with van der Waals surface area (Å²) in [4.78, 5) is 37.9. The predicted octanol–water partition coefficient (Wildman–Crippen LogP) is 3.32. The topological polar surface area (TPSA) is 120 Å². The molecule has 34 heavy (non-hydrogen) atoms. The molecular formula is C24H31N3O7. The van der Waals surface area contributed by atoms with Crippen LogP contribution in [0.2, 0.25) is 0 Å². The summed E-state index contributed by atoms with van der Waals surface area (Å²) >= 11 is 0. The zero-order valence-electron chi connectivity index (χ0n) is 20.3. The standard InChI is InChI=1S/C24H31N3O7/c1-16(23(29)25-24(2,3)4)26(14-17-8-7-9-18(12-17)32-5)22(28)15-34-19-10-11-20(27(30)31)21(13-19)33-6/h7-13,16H,14-15H2,1-6H3,(H,25,29)/t16-/m1/s1. The molecule has 1 atom stereocenters. The van der Waals surface area contributed by atoms with Crippen LogP contribution in [0, 0.1) is 10.1 Å². The molecule has 0 aliphatic heterocycles. The molecule has 0 aromatic heterocycles. The Morgan fingerprint density at radius 1 is 1.09 bits per heavy atom. The van der Waals surface area contributed by atoms with E-state index in [1.165, 1.54) is 30.2 Å². The predicted molar refractivity (Wildman–Crippen MR) is 126 cm³/mol. The first-order valence-electron chi connectivity index (χ1n) is 10.6. The van der Waals surface area contributed by atoms with Crippen LogP contribution in [-0.4, -0.2) is 54.0 Å². The summed E-state index contributed by atoms with van der Waals surface area (Å²) in [6.07, 6.45) is 0. The highest BCUT2D eigenvalue weighted by Crippen LogP contribution is 2.30. The largest absolute Gasteiger partial charge is 0.497 e. The Bertz CT molecular complexity index is 1030. The third kappa shape index (κ3) is 7.36. The van der Waals surface area contributed by atoms with E-state index in [4.69, 9.17) is 14.2 Å². The summed E-state index contributed by atoms with van der Waals surface area (Å²) in [7, 11) is 2.86. The van der Waals surface area contributed by atoms with Crippen LogP contribution in [0.4, 0.5) is 5.69 Å². The van der Waals surface area contributed by atoms with Gasteiger partial charge in [-0.25, -0.2) is 0 Å². The molecule has 10 heteroatoms. The number of nitrogens with zero attached hydrogens (tertiary/aromatic N) is 2. The monoisotopic (exact) mass is 473 g/mol. The molecular weight excluding hydrogens is 442 g/mol. The normalized spacial score (nSPS) is 11.8. The Morgan fingerprint density at radius 3 is 2.38 bits per heavy atom. The van der Waals surface area contributed by atoms with Crippen molar-refractivity contribution >= 4 is 17.5 Å². The highest BCUT2D eigenvalue weighted by Gasteiger charge is 2.29. The van der Waals surface area contributed by atoms with Gasteiger partial charge in [-0.15, -0.1) is 0 Å². The third-order valence-corrected chi connectivity index (χ3v) is 4.86. The molecule has 184 valence electrons. The number of nitro groups is 1. The lowest BCUT2D eigenvalue weighted by molar-refractivity contribution is -0.385. The second-order valence-electron chi connectivity index (χ2n) is 8.67. The van der Waals surface area contributed by atoms with Crippen LogP contribution in [0.3, 0.4) is 0 Å². The van der Waals surface area contributed by atoms with E-state index in [0.29, 0.717) is 5.75 Å². The molecule has 0 spiro atoms. The van der Waals surface area contributed by atoms with Gasteiger partial charge >= 0.3 is 5.69 Å². The van der Waals surface area contributed by atoms with Gasteiger partial charge in [0.25, 0.3) is 5.91 Å². The lowest BCUT2D eigenvalue weighted by atomic mass is 10.1. The Morgan fingerprint density at radius 2 is 1.79 bits per heavy atom. The lowest BCUT2D eigenvalue weighted by Crippen LogP contribution is -2.53. The van der Waals surface area contributed by atoms with Crippen LogP contribution in [0.15, 0.2) is 42.5 Å². The molecule has 0 radical (unpaired) electrons. The van der Waals surface area contributed by atoms with Crippen molar-refractivity contribution in [2.75, 3.05) is 20.8 Å². The number of benzene rings is 2. The van der Waals surface area contributed by atoms with E-state index in [1.54, 1.807) is 32.2 Å². The van der Waals surface area contributed by atoms with Crippen LogP contribution in [0.1, 0.15) is 33.3 Å². The van der Waals surface area contributed by atoms with Crippen molar-refractivity contribution in [1.82, 2.24) is 10.2 Å². The molecule has 0 saturated carbocycles. The van der Waals surface area contributed by atoms with Gasteiger partial charge in [-0.05, 0) is 51.5 Å². The van der Waals surface area contributed by atoms with E-state index in [-0.39, 0.29) is 36.2 Å². The summed E-state index contributed by atoms with van der Waals surface area (Å²) in [5.41, 5.74) is 0.0929. The first-order chi connectivity index (χ1) is 15.9. The molecule has 2 aromatic carbocycles. The van der Waals surface area contributed by atoms with E-state index in [0.717, 1.165) is 5.56 Å². The summed E-state index contributed by atoms with van der Waals surface area (Å²) < 4.78 is 15.9. The Labute approximate surface area is 198 Å². The fourth-order valence-electron chi connectivity index (χ4n) is 3.15. The number of amides is 2. The minimum Gasteiger partial charge on any atom is -0.497 e. The fraction of sp³-hybridized carbons (Fsp3) is 0.417. The molecule has 0 heterocycles. The molecule has 0 bridgehead atoms. The Balaban J connectivity index is 2.24. The van der Waals surface area contributed by atoms with Crippen LogP contribution in [0.25, 0.3) is 0 Å². The van der Waals surface area contributed by atoms with E-state index in [9.17, 15) is 19.7 Å². The molecule has 2 aromatic rings. The Hall–Kier alpha value is -3.82. The average molecular weight is 474 g/mol. The second kappa shape index (κ2) is 11.4. The van der Waals surface area contributed by atoms with E-state index in [2.05, 4.69) is 5.32 Å². The number of nitrogens with one attached hydrogen (secondary N) is 1. The van der Waals surface area contributed by atoms with Crippen molar-refractivity contribution in [2.45, 2.75) is 45.8 Å². The quantitative estimate of drug-likeness (QED) is 0.415. The fourth-order valence-corrected chi connectivity index (χ4v) is 3.15. The van der Waals surface area contributed by atoms with Crippen molar-refractivity contribution in [1.29, 1.82) is 0 Å². The van der Waals surface area contributed by atoms with Crippen molar-refractivity contribution in [3.8, 4) is 17.2 Å². The van der Waals surface area contributed by atoms with E-state index < -0.39 is 22.4 Å². The number of carbonyl (C=O) groups excluding carboxylic acids is 2. The molecule has 0 fully saturated rings. The molecule has 2 amide bonds. The summed E-state index contributed by atoms with van der Waals surface area (Å²) in [5, 5.41) is 14.0. The number of ether oxygens (including phenoxy) is 3. The van der Waals surface area contributed by atoms with E-state index in [1.807, 2.05) is 26.8 Å². The van der Waals surface area contributed by atoms with Gasteiger partial charge in [0.15, 0.2) is 6.61 Å². The third-order valence-electron chi connectivity index (χ3n) is 4.86. The minimum absolute atomic E-state index is 0.0149. The highest BCUT2D eigenvalue weighted by molar-refractivity contribution is 5.88. The maximum atomic E-state index is 13.2. The van der Waals surface area contributed by atoms with Crippen molar-refractivity contribution in [2.24, 2.45) is 0 Å². The van der Waals surface area contributed by atoms with Crippen LogP contribution >= 0.6 is 0 Å². The first-order valence-corrected chi connectivity index (χ1v) is 10.6. The number of methoxy groups -OCH3 is 2. The van der Waals surface area contributed by atoms with Crippen molar-refractivity contribution in [3.63, 3.8) is 0 Å². The highest BCUT2D eigenvalue weighted by atomic mass is 16.6. The van der Waals surface area contributed by atoms with Gasteiger partial charge in [-0.1, -0.05) is 12.1 Å². The molecule has 1 N–H and O–H groups in total. The Kier molecular flexibility index (Phi) is 8.83.